The zero-order chi connectivity index (χ0) is 13.9. The Labute approximate surface area is 124 Å². The Hall–Kier alpha value is -1.91. The number of halogens is 1. The number of fused-ring (bicyclic) bond motifs is 4. The van der Waals surface area contributed by atoms with Crippen LogP contribution >= 0.6 is 22.9 Å². The summed E-state index contributed by atoms with van der Waals surface area (Å²) in [5, 5.41) is 1.76. The zero-order valence-corrected chi connectivity index (χ0v) is 11.8. The van der Waals surface area contributed by atoms with Crippen molar-refractivity contribution in [2.45, 2.75) is 6.54 Å². The van der Waals surface area contributed by atoms with Crippen molar-refractivity contribution in [2.75, 3.05) is 0 Å². The molecule has 0 N–H and O–H groups in total. The Morgan fingerprint density at radius 1 is 1.10 bits per heavy atom. The third-order valence-corrected chi connectivity index (χ3v) is 4.96. The van der Waals surface area contributed by atoms with Gasteiger partial charge >= 0.3 is 0 Å². The minimum absolute atomic E-state index is 0.0743. The maximum Gasteiger partial charge on any atom is 0.259 e. The van der Waals surface area contributed by atoms with Crippen molar-refractivity contribution in [2.24, 2.45) is 0 Å². The maximum atomic E-state index is 12.5. The average molecular weight is 302 g/mol. The Morgan fingerprint density at radius 2 is 1.85 bits per heavy atom. The normalized spacial score (nSPS) is 16.4. The molecule has 4 rings (SSSR count). The molecule has 20 heavy (non-hydrogen) atoms. The second-order valence-electron chi connectivity index (χ2n) is 4.73. The number of amides is 1. The van der Waals surface area contributed by atoms with Gasteiger partial charge in [0.15, 0.2) is 5.78 Å². The molecule has 2 aliphatic rings. The predicted molar refractivity (Wildman–Crippen MR) is 78.0 cm³/mol. The average Bonchev–Trinajstić information content (AvgIpc) is 2.88. The van der Waals surface area contributed by atoms with Crippen molar-refractivity contribution >= 4 is 40.3 Å². The van der Waals surface area contributed by atoms with Gasteiger partial charge in [0.05, 0.1) is 16.6 Å². The number of carbonyl (C=O) groups is 2. The van der Waals surface area contributed by atoms with Gasteiger partial charge < -0.3 is 4.90 Å². The van der Waals surface area contributed by atoms with E-state index in [1.54, 1.807) is 22.4 Å². The molecule has 0 spiro atoms. The van der Waals surface area contributed by atoms with Crippen LogP contribution in [0.15, 0.2) is 35.7 Å². The minimum atomic E-state index is -0.0925. The second-order valence-corrected chi connectivity index (χ2v) is 6.21. The van der Waals surface area contributed by atoms with Gasteiger partial charge in [-0.25, -0.2) is 0 Å². The van der Waals surface area contributed by atoms with E-state index in [1.807, 2.05) is 18.2 Å². The largest absolute Gasteiger partial charge is 0.303 e. The van der Waals surface area contributed by atoms with Crippen LogP contribution in [0.4, 0.5) is 0 Å². The van der Waals surface area contributed by atoms with Crippen molar-refractivity contribution in [3.8, 4) is 0 Å². The van der Waals surface area contributed by atoms with E-state index in [-0.39, 0.29) is 11.7 Å². The van der Waals surface area contributed by atoms with Gasteiger partial charge in [0.2, 0.25) is 0 Å². The highest BCUT2D eigenvalue weighted by molar-refractivity contribution is 7.14. The van der Waals surface area contributed by atoms with Gasteiger partial charge in [-0.2, -0.15) is 0 Å². The molecule has 2 aliphatic heterocycles. The lowest BCUT2D eigenvalue weighted by Crippen LogP contribution is -2.22. The lowest BCUT2D eigenvalue weighted by Gasteiger charge is -2.16. The van der Waals surface area contributed by atoms with Crippen molar-refractivity contribution < 1.29 is 9.59 Å². The summed E-state index contributed by atoms with van der Waals surface area (Å²) in [4.78, 5) is 26.4. The molecule has 1 aromatic carbocycles. The fraction of sp³-hybridized carbons (Fsp3) is 0.0667. The summed E-state index contributed by atoms with van der Waals surface area (Å²) >= 11 is 7.48. The molecule has 98 valence electrons. The molecular formula is C15H8ClNO2S. The third kappa shape index (κ3) is 1.46. The molecule has 3 nitrogen and oxygen atoms in total. The molecule has 0 saturated heterocycles. The highest BCUT2D eigenvalue weighted by Crippen LogP contribution is 2.39. The van der Waals surface area contributed by atoms with Gasteiger partial charge in [-0.05, 0) is 6.07 Å². The zero-order valence-electron chi connectivity index (χ0n) is 10.2. The Morgan fingerprint density at radius 3 is 2.65 bits per heavy atom. The topological polar surface area (TPSA) is 37.4 Å². The van der Waals surface area contributed by atoms with Gasteiger partial charge in [-0.3, -0.25) is 9.59 Å². The molecule has 5 heteroatoms. The van der Waals surface area contributed by atoms with E-state index < -0.39 is 0 Å². The van der Waals surface area contributed by atoms with E-state index in [9.17, 15) is 9.59 Å². The number of carbonyl (C=O) groups excluding carboxylic acids is 2. The molecule has 0 atom stereocenters. The minimum Gasteiger partial charge on any atom is -0.303 e. The molecule has 1 amide bonds. The van der Waals surface area contributed by atoms with Crippen LogP contribution in [0.5, 0.6) is 0 Å². The molecule has 0 aliphatic carbocycles. The number of nitrogens with zero attached hydrogens (tertiary/aromatic N) is 1. The number of allylic oxidation sites excluding steroid dienone is 1. The van der Waals surface area contributed by atoms with Crippen LogP contribution in [-0.2, 0) is 6.54 Å². The summed E-state index contributed by atoms with van der Waals surface area (Å²) in [5.41, 5.74) is 3.48. The van der Waals surface area contributed by atoms with Gasteiger partial charge in [-0.1, -0.05) is 29.8 Å². The summed E-state index contributed by atoms with van der Waals surface area (Å²) in [7, 11) is 0. The summed E-state index contributed by atoms with van der Waals surface area (Å²) in [6, 6.07) is 7.35. The molecule has 3 heterocycles. The van der Waals surface area contributed by atoms with Crippen LogP contribution in [0.3, 0.4) is 0 Å². The van der Waals surface area contributed by atoms with Crippen LogP contribution < -0.4 is 0 Å². The van der Waals surface area contributed by atoms with Crippen molar-refractivity contribution in [3.05, 3.63) is 62.3 Å². The second kappa shape index (κ2) is 4.04. The van der Waals surface area contributed by atoms with Crippen LogP contribution in [-0.4, -0.2) is 16.6 Å². The van der Waals surface area contributed by atoms with E-state index in [0.717, 1.165) is 11.1 Å². The van der Waals surface area contributed by atoms with E-state index in [1.165, 1.54) is 11.3 Å². The number of benzene rings is 1. The maximum absolute atomic E-state index is 12.5. The summed E-state index contributed by atoms with van der Waals surface area (Å²) < 4.78 is 0.576. The molecule has 0 bridgehead atoms. The lowest BCUT2D eigenvalue weighted by molar-refractivity contribution is 0.0843. The summed E-state index contributed by atoms with van der Waals surface area (Å²) in [6.07, 6.45) is 1.54. The van der Waals surface area contributed by atoms with E-state index in [4.69, 9.17) is 11.6 Å². The first kappa shape index (κ1) is 11.9. The highest BCUT2D eigenvalue weighted by Gasteiger charge is 2.36. The molecule has 0 unspecified atom stereocenters. The number of hydrogen-bond donors (Lipinski definition) is 0. The smallest absolute Gasteiger partial charge is 0.259 e. The summed E-state index contributed by atoms with van der Waals surface area (Å²) in [5.74, 6) is -0.167. The van der Waals surface area contributed by atoms with Crippen molar-refractivity contribution in [3.63, 3.8) is 0 Å². The predicted octanol–water partition coefficient (Wildman–Crippen LogP) is 3.59. The molecule has 0 saturated carbocycles. The molecule has 0 radical (unpaired) electrons. The first-order valence-electron chi connectivity index (χ1n) is 6.10. The number of ketones is 1. The molecule has 2 aromatic rings. The van der Waals surface area contributed by atoms with E-state index in [0.29, 0.717) is 27.7 Å². The fourth-order valence-corrected chi connectivity index (χ4v) is 3.77. The van der Waals surface area contributed by atoms with Crippen LogP contribution in [0.1, 0.15) is 31.8 Å². The van der Waals surface area contributed by atoms with Gasteiger partial charge in [0.25, 0.3) is 5.91 Å². The summed E-state index contributed by atoms with van der Waals surface area (Å²) in [6.45, 7) is 0.350. The Kier molecular flexibility index (Phi) is 2.40. The van der Waals surface area contributed by atoms with Gasteiger partial charge in [-0.15, -0.1) is 11.3 Å². The van der Waals surface area contributed by atoms with Crippen molar-refractivity contribution in [1.82, 2.24) is 4.90 Å². The first-order valence-corrected chi connectivity index (χ1v) is 7.36. The molecule has 0 fully saturated rings. The third-order valence-electron chi connectivity index (χ3n) is 3.66. The van der Waals surface area contributed by atoms with E-state index >= 15 is 0 Å². The van der Waals surface area contributed by atoms with Crippen molar-refractivity contribution in [1.29, 1.82) is 0 Å². The number of rotatable bonds is 0. The standard InChI is InChI=1S/C15H8ClNO2S/c16-14-10-6-17-12(5-13(18)11(10)7-20-14)8-3-1-2-4-9(8)15(17)19/h1-5,7H,6H2. The van der Waals surface area contributed by atoms with Crippen LogP contribution in [0.25, 0.3) is 5.70 Å². The van der Waals surface area contributed by atoms with E-state index in [2.05, 4.69) is 0 Å². The first-order chi connectivity index (χ1) is 9.66. The monoisotopic (exact) mass is 301 g/mol. The van der Waals surface area contributed by atoms with Gasteiger partial charge in [0, 0.05) is 33.7 Å². The van der Waals surface area contributed by atoms with Gasteiger partial charge in [0.1, 0.15) is 0 Å². The molecule has 1 aromatic heterocycles. The SMILES string of the molecule is O=C1C=C2c3ccccc3C(=O)N2Cc2c1csc2Cl. The van der Waals surface area contributed by atoms with Crippen LogP contribution in [0.2, 0.25) is 4.34 Å². The lowest BCUT2D eigenvalue weighted by atomic mass is 10.1. The fourth-order valence-electron chi connectivity index (χ4n) is 2.68. The molecular weight excluding hydrogens is 294 g/mol. The number of hydrogen-bond acceptors (Lipinski definition) is 3. The Bertz CT molecular complexity index is 806. The Balaban J connectivity index is 1.95. The quantitative estimate of drug-likeness (QED) is 0.745. The number of thiophene rings is 1. The highest BCUT2D eigenvalue weighted by atomic mass is 35.5. The van der Waals surface area contributed by atoms with Crippen LogP contribution in [0, 0.1) is 0 Å².